The van der Waals surface area contributed by atoms with Crippen LogP contribution in [0.1, 0.15) is 45.7 Å². The van der Waals surface area contributed by atoms with Gasteiger partial charge in [-0.25, -0.2) is 4.99 Å². The first-order chi connectivity index (χ1) is 14.7. The van der Waals surface area contributed by atoms with Crippen LogP contribution < -0.4 is 15.4 Å². The number of benzene rings is 2. The summed E-state index contributed by atoms with van der Waals surface area (Å²) >= 11 is 0. The van der Waals surface area contributed by atoms with E-state index in [0.717, 1.165) is 17.0 Å². The van der Waals surface area contributed by atoms with Gasteiger partial charge >= 0.3 is 0 Å². The third-order valence-corrected chi connectivity index (χ3v) is 5.09. The van der Waals surface area contributed by atoms with Gasteiger partial charge in [0.2, 0.25) is 5.96 Å². The number of ether oxygens (including phenoxy) is 2. The van der Waals surface area contributed by atoms with E-state index >= 15 is 0 Å². The van der Waals surface area contributed by atoms with E-state index in [1.165, 1.54) is 5.56 Å². The summed E-state index contributed by atoms with van der Waals surface area (Å²) in [7, 11) is 1.64. The van der Waals surface area contributed by atoms with Gasteiger partial charge in [0.05, 0.1) is 13.7 Å². The third kappa shape index (κ3) is 5.64. The highest BCUT2D eigenvalue weighted by atomic mass is 16.5. The van der Waals surface area contributed by atoms with Crippen LogP contribution in [0.5, 0.6) is 5.75 Å². The van der Waals surface area contributed by atoms with Crippen LogP contribution >= 0.6 is 0 Å². The van der Waals surface area contributed by atoms with Gasteiger partial charge in [-0.15, -0.1) is 0 Å². The van der Waals surface area contributed by atoms with Gasteiger partial charge in [0.25, 0.3) is 0 Å². The predicted octanol–water partition coefficient (Wildman–Crippen LogP) is 4.57. The summed E-state index contributed by atoms with van der Waals surface area (Å²) in [4.78, 5) is 11.4. The minimum absolute atomic E-state index is 0.0809. The van der Waals surface area contributed by atoms with Gasteiger partial charge in [0.15, 0.2) is 12.0 Å². The van der Waals surface area contributed by atoms with Crippen LogP contribution in [0.2, 0.25) is 0 Å². The lowest BCUT2D eigenvalue weighted by molar-refractivity contribution is 0.1000. The number of rotatable bonds is 7. The van der Waals surface area contributed by atoms with E-state index in [-0.39, 0.29) is 11.6 Å². The minimum atomic E-state index is -0.307. The molecule has 1 atom stereocenters. The van der Waals surface area contributed by atoms with E-state index in [1.54, 1.807) is 7.11 Å². The molecule has 0 spiro atoms. The molecule has 166 valence electrons. The summed E-state index contributed by atoms with van der Waals surface area (Å²) < 4.78 is 11.3. The summed E-state index contributed by atoms with van der Waals surface area (Å²) in [6.07, 6.45) is -0.307. The molecule has 0 fully saturated rings. The van der Waals surface area contributed by atoms with Crippen LogP contribution in [0.25, 0.3) is 0 Å². The predicted molar refractivity (Wildman–Crippen MR) is 128 cm³/mol. The Balaban J connectivity index is 1.94. The molecule has 3 rings (SSSR count). The standard InChI is InChI=1S/C25H34N4O2/c1-17(2)15-31-16-22-27-23(18-8-7-9-21(14-18)30-6)28-24(26)29(22)20-12-10-19(11-13-20)25(3,4)5/h7-14,17,22H,15-16H2,1-6H3,(H2,26,27,28). The topological polar surface area (TPSA) is 72.4 Å². The van der Waals surface area contributed by atoms with Crippen LogP contribution in [-0.2, 0) is 10.2 Å². The second-order valence-electron chi connectivity index (χ2n) is 9.23. The van der Waals surface area contributed by atoms with Crippen molar-refractivity contribution >= 4 is 17.5 Å². The van der Waals surface area contributed by atoms with Crippen LogP contribution in [-0.4, -0.2) is 38.3 Å². The van der Waals surface area contributed by atoms with E-state index in [4.69, 9.17) is 20.2 Å². The fourth-order valence-electron chi connectivity index (χ4n) is 3.39. The summed E-state index contributed by atoms with van der Waals surface area (Å²) in [6, 6.07) is 16.1. The van der Waals surface area contributed by atoms with Crippen LogP contribution in [0.3, 0.4) is 0 Å². The van der Waals surface area contributed by atoms with Gasteiger partial charge < -0.3 is 15.2 Å². The van der Waals surface area contributed by atoms with Crippen molar-refractivity contribution in [3.63, 3.8) is 0 Å². The maximum absolute atomic E-state index is 6.46. The van der Waals surface area contributed by atoms with Crippen molar-refractivity contribution in [2.45, 2.75) is 46.2 Å². The zero-order chi connectivity index (χ0) is 22.6. The van der Waals surface area contributed by atoms with Crippen molar-refractivity contribution in [3.8, 4) is 5.75 Å². The normalized spacial score (nSPS) is 16.9. The number of hydrogen-bond acceptors (Lipinski definition) is 6. The fourth-order valence-corrected chi connectivity index (χ4v) is 3.39. The second kappa shape index (κ2) is 9.52. The first-order valence-electron chi connectivity index (χ1n) is 10.7. The molecule has 31 heavy (non-hydrogen) atoms. The molecule has 1 aliphatic rings. The second-order valence-corrected chi connectivity index (χ2v) is 9.23. The molecule has 0 amide bonds. The molecule has 0 aromatic heterocycles. The molecule has 0 bridgehead atoms. The SMILES string of the molecule is COc1cccc(C2=NC(COCC(C)C)N(c3ccc(C(C)(C)C)cc3)C(N)=N2)c1. The van der Waals surface area contributed by atoms with Gasteiger partial charge in [0, 0.05) is 17.9 Å². The summed E-state index contributed by atoms with van der Waals surface area (Å²) in [5.74, 6) is 2.17. The molecule has 0 aliphatic carbocycles. The lowest BCUT2D eigenvalue weighted by atomic mass is 9.87. The van der Waals surface area contributed by atoms with Crippen LogP contribution in [0.4, 0.5) is 5.69 Å². The number of nitrogens with two attached hydrogens (primary N) is 1. The van der Waals surface area contributed by atoms with Gasteiger partial charge in [-0.05, 0) is 41.2 Å². The van der Waals surface area contributed by atoms with E-state index in [1.807, 2.05) is 29.2 Å². The Bertz CT molecular complexity index is 943. The molecule has 1 aliphatic heterocycles. The third-order valence-electron chi connectivity index (χ3n) is 5.09. The van der Waals surface area contributed by atoms with Crippen molar-refractivity contribution in [2.24, 2.45) is 21.6 Å². The molecule has 2 aromatic carbocycles. The molecular formula is C25H34N4O2. The van der Waals surface area contributed by atoms with Crippen molar-refractivity contribution in [1.29, 1.82) is 0 Å². The molecule has 0 saturated heterocycles. The number of hydrogen-bond donors (Lipinski definition) is 1. The van der Waals surface area contributed by atoms with E-state index in [2.05, 4.69) is 63.9 Å². The maximum Gasteiger partial charge on any atom is 0.204 e. The smallest absolute Gasteiger partial charge is 0.204 e. The number of guanidine groups is 1. The van der Waals surface area contributed by atoms with Gasteiger partial charge in [0.1, 0.15) is 5.75 Å². The number of methoxy groups -OCH3 is 1. The van der Waals surface area contributed by atoms with Crippen LogP contribution in [0.15, 0.2) is 58.5 Å². The molecule has 2 N–H and O–H groups in total. The van der Waals surface area contributed by atoms with Gasteiger partial charge in [-0.3, -0.25) is 4.90 Å². The van der Waals surface area contributed by atoms with Gasteiger partial charge in [-0.2, -0.15) is 4.99 Å². The highest BCUT2D eigenvalue weighted by molar-refractivity contribution is 6.11. The van der Waals surface area contributed by atoms with E-state index in [9.17, 15) is 0 Å². The molecular weight excluding hydrogens is 388 g/mol. The maximum atomic E-state index is 6.46. The summed E-state index contributed by atoms with van der Waals surface area (Å²) in [5.41, 5.74) is 9.61. The fraction of sp³-hybridized carbons (Fsp3) is 0.440. The van der Waals surface area contributed by atoms with Crippen molar-refractivity contribution in [2.75, 3.05) is 25.2 Å². The molecule has 2 aromatic rings. The average molecular weight is 423 g/mol. The number of aliphatic imine (C=N–C) groups is 2. The van der Waals surface area contributed by atoms with E-state index < -0.39 is 0 Å². The highest BCUT2D eigenvalue weighted by Gasteiger charge is 2.28. The summed E-state index contributed by atoms with van der Waals surface area (Å²) in [6.45, 7) is 11.9. The van der Waals surface area contributed by atoms with Crippen molar-refractivity contribution in [3.05, 3.63) is 59.7 Å². The minimum Gasteiger partial charge on any atom is -0.497 e. The lowest BCUT2D eigenvalue weighted by Crippen LogP contribution is -2.49. The Labute approximate surface area is 185 Å². The number of anilines is 1. The molecule has 1 heterocycles. The number of amidine groups is 1. The Morgan fingerprint density at radius 2 is 1.81 bits per heavy atom. The monoisotopic (exact) mass is 422 g/mol. The molecule has 0 saturated carbocycles. The van der Waals surface area contributed by atoms with Crippen molar-refractivity contribution < 1.29 is 9.47 Å². The van der Waals surface area contributed by atoms with Gasteiger partial charge in [-0.1, -0.05) is 58.9 Å². The van der Waals surface area contributed by atoms with E-state index in [0.29, 0.717) is 30.9 Å². The quantitative estimate of drug-likeness (QED) is 0.709. The molecule has 1 unspecified atom stereocenters. The number of nitrogens with zero attached hydrogens (tertiary/aromatic N) is 3. The Morgan fingerprint density at radius 1 is 1.10 bits per heavy atom. The Kier molecular flexibility index (Phi) is 7.01. The zero-order valence-corrected chi connectivity index (χ0v) is 19.4. The first-order valence-corrected chi connectivity index (χ1v) is 10.7. The average Bonchev–Trinajstić information content (AvgIpc) is 2.73. The summed E-state index contributed by atoms with van der Waals surface area (Å²) in [5, 5.41) is 0. The first kappa shape index (κ1) is 22.8. The largest absolute Gasteiger partial charge is 0.497 e. The highest BCUT2D eigenvalue weighted by Crippen LogP contribution is 2.27. The Hall–Kier alpha value is -2.86. The van der Waals surface area contributed by atoms with Crippen molar-refractivity contribution in [1.82, 2.24) is 0 Å². The molecule has 6 nitrogen and oxygen atoms in total. The Morgan fingerprint density at radius 3 is 2.42 bits per heavy atom. The molecule has 0 radical (unpaired) electrons. The lowest BCUT2D eigenvalue weighted by Gasteiger charge is -2.33. The molecule has 6 heteroatoms. The van der Waals surface area contributed by atoms with Crippen LogP contribution in [0, 0.1) is 5.92 Å². The zero-order valence-electron chi connectivity index (χ0n) is 19.4.